The van der Waals surface area contributed by atoms with Gasteiger partial charge in [-0.05, 0) is 67.1 Å². The van der Waals surface area contributed by atoms with Crippen molar-refractivity contribution in [2.45, 2.75) is 44.3 Å². The van der Waals surface area contributed by atoms with Crippen molar-refractivity contribution in [3.8, 4) is 22.3 Å². The number of hydrogen-bond acceptors (Lipinski definition) is 4. The van der Waals surface area contributed by atoms with Gasteiger partial charge in [0, 0.05) is 72.9 Å². The van der Waals surface area contributed by atoms with Crippen molar-refractivity contribution < 1.29 is 9.59 Å². The minimum absolute atomic E-state index is 0.0219. The lowest BCUT2D eigenvalue weighted by Crippen LogP contribution is -2.36. The van der Waals surface area contributed by atoms with Crippen LogP contribution in [0.1, 0.15) is 46.5 Å². The Balaban J connectivity index is 1.22. The fourth-order valence-corrected chi connectivity index (χ4v) is 6.29. The van der Waals surface area contributed by atoms with Crippen molar-refractivity contribution in [2.24, 2.45) is 0 Å². The molecule has 7 rings (SSSR count). The van der Waals surface area contributed by atoms with E-state index in [1.807, 2.05) is 60.4 Å². The second kappa shape index (κ2) is 8.01. The first-order valence-electron chi connectivity index (χ1n) is 12.7. The second-order valence-electron chi connectivity index (χ2n) is 10.2. The summed E-state index contributed by atoms with van der Waals surface area (Å²) in [5.41, 5.74) is 6.23. The molecule has 7 heteroatoms. The van der Waals surface area contributed by atoms with Crippen LogP contribution in [0.15, 0.2) is 61.1 Å². The van der Waals surface area contributed by atoms with Gasteiger partial charge in [0.25, 0.3) is 11.8 Å². The summed E-state index contributed by atoms with van der Waals surface area (Å²) in [7, 11) is 1.83. The van der Waals surface area contributed by atoms with E-state index in [1.54, 1.807) is 11.1 Å². The molecule has 0 spiro atoms. The van der Waals surface area contributed by atoms with Crippen LogP contribution in [-0.2, 0) is 6.54 Å². The summed E-state index contributed by atoms with van der Waals surface area (Å²) in [4.78, 5) is 38.8. The van der Waals surface area contributed by atoms with Crippen LogP contribution in [0.3, 0.4) is 0 Å². The minimum atomic E-state index is 0.0219. The number of amides is 2. The molecule has 0 saturated carbocycles. The fraction of sp³-hybridized carbons (Fsp3) is 0.310. The van der Waals surface area contributed by atoms with Crippen molar-refractivity contribution in [2.75, 3.05) is 13.6 Å². The van der Waals surface area contributed by atoms with E-state index in [0.29, 0.717) is 24.3 Å². The highest BCUT2D eigenvalue weighted by Gasteiger charge is 2.42. The van der Waals surface area contributed by atoms with Crippen LogP contribution in [0, 0.1) is 0 Å². The number of benzene rings is 1. The summed E-state index contributed by atoms with van der Waals surface area (Å²) in [6, 6.07) is 14.8. The van der Waals surface area contributed by atoms with Crippen LogP contribution in [0.2, 0.25) is 0 Å². The third-order valence-corrected chi connectivity index (χ3v) is 8.22. The number of carbonyl (C=O) groups excluding carboxylic acids is 2. The molecule has 0 atom stereocenters. The van der Waals surface area contributed by atoms with Gasteiger partial charge < -0.3 is 14.4 Å². The molecule has 7 nitrogen and oxygen atoms in total. The van der Waals surface area contributed by atoms with Crippen molar-refractivity contribution in [1.82, 2.24) is 24.3 Å². The maximum absolute atomic E-state index is 13.1. The summed E-state index contributed by atoms with van der Waals surface area (Å²) in [6.45, 7) is 1.41. The van der Waals surface area contributed by atoms with E-state index in [0.717, 1.165) is 71.1 Å². The number of carbonyl (C=O) groups is 2. The second-order valence-corrected chi connectivity index (χ2v) is 10.2. The topological polar surface area (TPSA) is 71.3 Å². The Morgan fingerprint density at radius 1 is 0.889 bits per heavy atom. The molecule has 4 aromatic rings. The fourth-order valence-electron chi connectivity index (χ4n) is 6.29. The lowest BCUT2D eigenvalue weighted by Gasteiger charge is -2.24. The monoisotopic (exact) mass is 477 g/mol. The molecule has 2 amide bonds. The number of likely N-dealkylation sites (N-methyl/N-ethyl adjacent to an activating group) is 1. The predicted octanol–water partition coefficient (Wildman–Crippen LogP) is 4.62. The van der Waals surface area contributed by atoms with Gasteiger partial charge in [-0.1, -0.05) is 12.1 Å². The predicted molar refractivity (Wildman–Crippen MR) is 138 cm³/mol. The molecule has 2 saturated heterocycles. The average molecular weight is 478 g/mol. The Hall–Kier alpha value is -4.00. The standard InChI is InChI=1S/C29H27N5O2/c1-32-12-13-33-26(29(32)36)15-25-24(10-11-31-27(25)33)21-14-20(16-30-17-21)18-2-4-19(5-3-18)28(35)34-22-6-7-23(34)9-8-22/h2-5,10-11,14-17,22-23H,6-9,12-13H2,1H3. The molecular weight excluding hydrogens is 450 g/mol. The highest BCUT2D eigenvalue weighted by Crippen LogP contribution is 2.38. The molecule has 3 aliphatic heterocycles. The highest BCUT2D eigenvalue weighted by molar-refractivity contribution is 6.03. The largest absolute Gasteiger partial charge is 0.339 e. The van der Waals surface area contributed by atoms with Crippen molar-refractivity contribution >= 4 is 22.8 Å². The summed E-state index contributed by atoms with van der Waals surface area (Å²) in [5.74, 6) is 0.184. The molecule has 1 aromatic carbocycles. The number of hydrogen-bond donors (Lipinski definition) is 0. The Bertz CT molecular complexity index is 1500. The molecule has 0 aliphatic carbocycles. The highest BCUT2D eigenvalue weighted by atomic mass is 16.2. The van der Waals surface area contributed by atoms with E-state index >= 15 is 0 Å². The lowest BCUT2D eigenvalue weighted by molar-refractivity contribution is 0.0727. The third kappa shape index (κ3) is 3.19. The first-order valence-corrected chi connectivity index (χ1v) is 12.7. The van der Waals surface area contributed by atoms with Gasteiger partial charge in [0.05, 0.1) is 0 Å². The molecule has 3 aliphatic rings. The molecule has 3 aromatic heterocycles. The number of fused-ring (bicyclic) bond motifs is 5. The van der Waals surface area contributed by atoms with E-state index in [4.69, 9.17) is 0 Å². The van der Waals surface area contributed by atoms with Gasteiger partial charge in [-0.3, -0.25) is 14.6 Å². The SMILES string of the molecule is CN1CCn2c(cc3c(-c4cncc(-c5ccc(C(=O)N6C7CCC6CC7)cc5)c4)ccnc32)C1=O. The summed E-state index contributed by atoms with van der Waals surface area (Å²) < 4.78 is 2.01. The maximum atomic E-state index is 13.1. The molecule has 2 fully saturated rings. The van der Waals surface area contributed by atoms with Gasteiger partial charge >= 0.3 is 0 Å². The Kier molecular flexibility index (Phi) is 4.74. The Morgan fingerprint density at radius 2 is 1.61 bits per heavy atom. The maximum Gasteiger partial charge on any atom is 0.270 e. The number of pyridine rings is 2. The van der Waals surface area contributed by atoms with Gasteiger partial charge in [-0.2, -0.15) is 0 Å². The quantitative estimate of drug-likeness (QED) is 0.432. The zero-order chi connectivity index (χ0) is 24.4. The Labute approximate surface area is 209 Å². The van der Waals surface area contributed by atoms with E-state index in [2.05, 4.69) is 20.9 Å². The normalized spacial score (nSPS) is 20.9. The number of rotatable bonds is 3. The molecule has 0 N–H and O–H groups in total. The first-order chi connectivity index (χ1) is 17.6. The molecule has 0 unspecified atom stereocenters. The molecule has 6 heterocycles. The molecule has 180 valence electrons. The molecule has 0 radical (unpaired) electrons. The Morgan fingerprint density at radius 3 is 2.36 bits per heavy atom. The molecule has 36 heavy (non-hydrogen) atoms. The lowest BCUT2D eigenvalue weighted by atomic mass is 10.00. The number of nitrogens with zero attached hydrogens (tertiary/aromatic N) is 5. The average Bonchev–Trinajstić information content (AvgIpc) is 3.63. The van der Waals surface area contributed by atoms with Crippen LogP contribution in [0.4, 0.5) is 0 Å². The van der Waals surface area contributed by atoms with Gasteiger partial charge in [0.2, 0.25) is 0 Å². The van der Waals surface area contributed by atoms with Gasteiger partial charge in [0.1, 0.15) is 11.3 Å². The van der Waals surface area contributed by atoms with Crippen LogP contribution in [0.5, 0.6) is 0 Å². The molecular formula is C29H27N5O2. The van der Waals surface area contributed by atoms with Gasteiger partial charge in [-0.25, -0.2) is 4.98 Å². The van der Waals surface area contributed by atoms with Crippen LogP contribution < -0.4 is 0 Å². The van der Waals surface area contributed by atoms with Crippen LogP contribution in [0.25, 0.3) is 33.3 Å². The minimum Gasteiger partial charge on any atom is -0.339 e. The molecule has 2 bridgehead atoms. The smallest absolute Gasteiger partial charge is 0.270 e. The summed E-state index contributed by atoms with van der Waals surface area (Å²) in [6.07, 6.45) is 10.1. The van der Waals surface area contributed by atoms with E-state index in [9.17, 15) is 9.59 Å². The third-order valence-electron chi connectivity index (χ3n) is 8.22. The summed E-state index contributed by atoms with van der Waals surface area (Å²) in [5, 5.41) is 0.955. The van der Waals surface area contributed by atoms with E-state index in [1.165, 1.54) is 0 Å². The van der Waals surface area contributed by atoms with Crippen molar-refractivity contribution in [1.29, 1.82) is 0 Å². The van der Waals surface area contributed by atoms with Crippen molar-refractivity contribution in [3.05, 3.63) is 72.3 Å². The first kappa shape index (κ1) is 21.3. The van der Waals surface area contributed by atoms with Gasteiger partial charge in [0.15, 0.2) is 0 Å². The van der Waals surface area contributed by atoms with Gasteiger partial charge in [-0.15, -0.1) is 0 Å². The van der Waals surface area contributed by atoms with Crippen molar-refractivity contribution in [3.63, 3.8) is 0 Å². The zero-order valence-electron chi connectivity index (χ0n) is 20.2. The zero-order valence-corrected chi connectivity index (χ0v) is 20.2. The van der Waals surface area contributed by atoms with E-state index in [-0.39, 0.29) is 11.8 Å². The summed E-state index contributed by atoms with van der Waals surface area (Å²) >= 11 is 0. The number of aromatic nitrogens is 3. The van der Waals surface area contributed by atoms with E-state index < -0.39 is 0 Å². The van der Waals surface area contributed by atoms with Crippen LogP contribution >= 0.6 is 0 Å². The van der Waals surface area contributed by atoms with Crippen LogP contribution in [-0.4, -0.2) is 61.8 Å².